The van der Waals surface area contributed by atoms with E-state index in [0.29, 0.717) is 21.9 Å². The zero-order valence-corrected chi connectivity index (χ0v) is 17.3. The smallest absolute Gasteiger partial charge is 0.240 e. The fourth-order valence-corrected chi connectivity index (χ4v) is 4.50. The number of aromatic nitrogens is 5. The molecule has 1 N–H and O–H groups in total. The molecule has 3 heterocycles. The molecule has 1 atom stereocenters. The van der Waals surface area contributed by atoms with E-state index < -0.39 is 0 Å². The van der Waals surface area contributed by atoms with E-state index in [9.17, 15) is 0 Å². The van der Waals surface area contributed by atoms with Gasteiger partial charge < -0.3 is 9.84 Å². The molecule has 0 aliphatic rings. The summed E-state index contributed by atoms with van der Waals surface area (Å²) in [5, 5.41) is 17.1. The summed E-state index contributed by atoms with van der Waals surface area (Å²) in [5.41, 5.74) is 2.74. The number of pyridine rings is 1. The van der Waals surface area contributed by atoms with Gasteiger partial charge >= 0.3 is 0 Å². The predicted molar refractivity (Wildman–Crippen MR) is 111 cm³/mol. The van der Waals surface area contributed by atoms with Gasteiger partial charge in [0.05, 0.1) is 5.25 Å². The number of thioether (sulfide) groups is 1. The zero-order chi connectivity index (χ0) is 19.5. The van der Waals surface area contributed by atoms with Crippen molar-refractivity contribution in [2.45, 2.75) is 23.4 Å². The Morgan fingerprint density at radius 2 is 2.00 bits per heavy atom. The van der Waals surface area contributed by atoms with Gasteiger partial charge in [-0.05, 0) is 43.7 Å². The second-order valence-corrected chi connectivity index (χ2v) is 8.84. The maximum absolute atomic E-state index is 6.16. The molecule has 0 unspecified atom stereocenters. The van der Waals surface area contributed by atoms with Gasteiger partial charge in [-0.3, -0.25) is 4.98 Å². The minimum atomic E-state index is -0.0585. The summed E-state index contributed by atoms with van der Waals surface area (Å²) in [6, 6.07) is 9.39. The van der Waals surface area contributed by atoms with Crippen LogP contribution in [0.2, 0.25) is 5.02 Å². The Balaban J connectivity index is 1.44. The molecule has 28 heavy (non-hydrogen) atoms. The lowest BCUT2D eigenvalue weighted by molar-refractivity contribution is 0.381. The highest BCUT2D eigenvalue weighted by atomic mass is 35.5. The highest BCUT2D eigenvalue weighted by molar-refractivity contribution is 8.01. The Morgan fingerprint density at radius 1 is 1.18 bits per heavy atom. The van der Waals surface area contributed by atoms with Gasteiger partial charge in [-0.2, -0.15) is 4.98 Å². The van der Waals surface area contributed by atoms with Gasteiger partial charge in [-0.1, -0.05) is 45.9 Å². The molecular weight excluding hydrogens is 416 g/mol. The highest BCUT2D eigenvalue weighted by Crippen LogP contribution is 2.38. The standard InChI is InChI=1S/C18H15ClN6OS2/c1-10-13(19)4-3-5-14(10)21-17-23-24-18(28-17)27-11(2)16-22-15(25-26-16)12-6-8-20-9-7-12/h3-9,11H,1-2H3,(H,21,23)/t11-/m0/s1. The van der Waals surface area contributed by atoms with E-state index in [4.69, 9.17) is 16.1 Å². The quantitative estimate of drug-likeness (QED) is 0.398. The van der Waals surface area contributed by atoms with Crippen LogP contribution >= 0.6 is 34.7 Å². The fraction of sp³-hybridized carbons (Fsp3) is 0.167. The molecule has 0 saturated carbocycles. The summed E-state index contributed by atoms with van der Waals surface area (Å²) in [5.74, 6) is 1.08. The number of nitrogens with zero attached hydrogens (tertiary/aromatic N) is 5. The predicted octanol–water partition coefficient (Wildman–Crippen LogP) is 5.54. The molecule has 3 aromatic heterocycles. The Bertz CT molecular complexity index is 1080. The third kappa shape index (κ3) is 4.16. The van der Waals surface area contributed by atoms with Crippen LogP contribution in [-0.4, -0.2) is 25.3 Å². The summed E-state index contributed by atoms with van der Waals surface area (Å²) < 4.78 is 6.21. The highest BCUT2D eigenvalue weighted by Gasteiger charge is 2.19. The number of halogens is 1. The number of nitrogens with one attached hydrogen (secondary N) is 1. The van der Waals surface area contributed by atoms with Crippen molar-refractivity contribution >= 4 is 45.5 Å². The zero-order valence-electron chi connectivity index (χ0n) is 15.0. The molecule has 0 fully saturated rings. The summed E-state index contributed by atoms with van der Waals surface area (Å²) in [6.07, 6.45) is 3.39. The summed E-state index contributed by atoms with van der Waals surface area (Å²) in [4.78, 5) is 8.47. The van der Waals surface area contributed by atoms with Gasteiger partial charge in [0.15, 0.2) is 4.34 Å². The van der Waals surface area contributed by atoms with Crippen molar-refractivity contribution in [3.05, 3.63) is 59.2 Å². The van der Waals surface area contributed by atoms with Crippen LogP contribution in [-0.2, 0) is 0 Å². The van der Waals surface area contributed by atoms with Crippen LogP contribution < -0.4 is 5.32 Å². The van der Waals surface area contributed by atoms with Crippen molar-refractivity contribution in [1.82, 2.24) is 25.3 Å². The average Bonchev–Trinajstić information content (AvgIpc) is 3.36. The molecule has 10 heteroatoms. The van der Waals surface area contributed by atoms with Crippen molar-refractivity contribution in [1.29, 1.82) is 0 Å². The molecule has 0 amide bonds. The molecule has 0 saturated heterocycles. The van der Waals surface area contributed by atoms with Gasteiger partial charge in [-0.25, -0.2) is 0 Å². The molecule has 0 radical (unpaired) electrons. The van der Waals surface area contributed by atoms with E-state index in [2.05, 4.69) is 30.6 Å². The Morgan fingerprint density at radius 3 is 2.82 bits per heavy atom. The Hall–Kier alpha value is -2.49. The second kappa shape index (κ2) is 8.26. The number of benzene rings is 1. The molecule has 0 aliphatic carbocycles. The molecule has 4 rings (SSSR count). The largest absolute Gasteiger partial charge is 0.338 e. The first-order chi connectivity index (χ1) is 13.6. The van der Waals surface area contributed by atoms with Crippen molar-refractivity contribution in [2.75, 3.05) is 5.32 Å². The third-order valence-electron chi connectivity index (χ3n) is 3.92. The van der Waals surface area contributed by atoms with Crippen LogP contribution in [0, 0.1) is 6.92 Å². The number of hydrogen-bond donors (Lipinski definition) is 1. The van der Waals surface area contributed by atoms with Crippen LogP contribution in [0.1, 0.15) is 23.6 Å². The fourth-order valence-electron chi connectivity index (χ4n) is 2.39. The van der Waals surface area contributed by atoms with E-state index in [1.165, 1.54) is 23.1 Å². The van der Waals surface area contributed by atoms with Crippen molar-refractivity contribution in [3.63, 3.8) is 0 Å². The first-order valence-corrected chi connectivity index (χ1v) is 10.4. The van der Waals surface area contributed by atoms with Crippen molar-refractivity contribution < 1.29 is 4.52 Å². The van der Waals surface area contributed by atoms with Crippen molar-refractivity contribution in [3.8, 4) is 11.4 Å². The van der Waals surface area contributed by atoms with Crippen LogP contribution in [0.15, 0.2) is 51.6 Å². The second-order valence-electron chi connectivity index (χ2n) is 5.86. The molecular formula is C18H15ClN6OS2. The van der Waals surface area contributed by atoms with Crippen LogP contribution in [0.25, 0.3) is 11.4 Å². The maximum atomic E-state index is 6.16. The molecule has 7 nitrogen and oxygen atoms in total. The molecule has 1 aromatic carbocycles. The first kappa shape index (κ1) is 18.9. The van der Waals surface area contributed by atoms with E-state index in [0.717, 1.165) is 21.2 Å². The summed E-state index contributed by atoms with van der Waals surface area (Å²) in [6.45, 7) is 3.95. The van der Waals surface area contributed by atoms with Gasteiger partial charge in [0.25, 0.3) is 0 Å². The molecule has 0 spiro atoms. The van der Waals surface area contributed by atoms with Gasteiger partial charge in [0.1, 0.15) is 0 Å². The van der Waals surface area contributed by atoms with E-state index in [1.807, 2.05) is 44.2 Å². The van der Waals surface area contributed by atoms with E-state index >= 15 is 0 Å². The lowest BCUT2D eigenvalue weighted by Gasteiger charge is -2.07. The first-order valence-electron chi connectivity index (χ1n) is 8.36. The van der Waals surface area contributed by atoms with Crippen molar-refractivity contribution in [2.24, 2.45) is 0 Å². The molecule has 142 valence electrons. The monoisotopic (exact) mass is 430 g/mol. The average molecular weight is 431 g/mol. The SMILES string of the molecule is Cc1c(Cl)cccc1Nc1nnc(S[C@@H](C)c2nc(-c3ccncc3)no2)s1. The molecule has 0 aliphatic heterocycles. The third-order valence-corrected chi connectivity index (χ3v) is 6.34. The van der Waals surface area contributed by atoms with Gasteiger partial charge in [-0.15, -0.1) is 10.2 Å². The minimum Gasteiger partial charge on any atom is -0.338 e. The summed E-state index contributed by atoms with van der Waals surface area (Å²) >= 11 is 9.14. The van der Waals surface area contributed by atoms with E-state index in [1.54, 1.807) is 12.4 Å². The van der Waals surface area contributed by atoms with E-state index in [-0.39, 0.29) is 5.25 Å². The van der Waals surface area contributed by atoms with Crippen LogP contribution in [0.3, 0.4) is 0 Å². The molecule has 0 bridgehead atoms. The topological polar surface area (TPSA) is 89.6 Å². The van der Waals surface area contributed by atoms with Crippen LogP contribution in [0.4, 0.5) is 10.8 Å². The van der Waals surface area contributed by atoms with Crippen LogP contribution in [0.5, 0.6) is 0 Å². The number of anilines is 2. The number of rotatable bonds is 6. The number of hydrogen-bond acceptors (Lipinski definition) is 9. The minimum absolute atomic E-state index is 0.0585. The van der Waals surface area contributed by atoms with Gasteiger partial charge in [0.2, 0.25) is 16.8 Å². The summed E-state index contributed by atoms with van der Waals surface area (Å²) in [7, 11) is 0. The Labute approximate surface area is 174 Å². The normalized spacial score (nSPS) is 12.1. The van der Waals surface area contributed by atoms with Gasteiger partial charge in [0, 0.05) is 28.7 Å². The molecule has 4 aromatic rings. The lowest BCUT2D eigenvalue weighted by atomic mass is 10.2. The maximum Gasteiger partial charge on any atom is 0.240 e. The lowest BCUT2D eigenvalue weighted by Crippen LogP contribution is -1.92. The Kier molecular flexibility index (Phi) is 5.56.